The zero-order chi connectivity index (χ0) is 14.8. The third-order valence-corrected chi connectivity index (χ3v) is 5.91. The summed E-state index contributed by atoms with van der Waals surface area (Å²) in [5, 5.41) is 0. The van der Waals surface area contributed by atoms with Gasteiger partial charge in [0, 0.05) is 24.7 Å². The molecule has 0 aliphatic carbocycles. The van der Waals surface area contributed by atoms with Crippen molar-refractivity contribution in [2.75, 3.05) is 32.5 Å². The summed E-state index contributed by atoms with van der Waals surface area (Å²) in [6, 6.07) is 4.86. The highest BCUT2D eigenvalue weighted by Gasteiger charge is 2.31. The van der Waals surface area contributed by atoms with Crippen molar-refractivity contribution in [3.8, 4) is 0 Å². The van der Waals surface area contributed by atoms with Crippen molar-refractivity contribution in [2.24, 2.45) is 5.92 Å². The lowest BCUT2D eigenvalue weighted by Gasteiger charge is -2.31. The maximum absolute atomic E-state index is 12.7. The Morgan fingerprint density at radius 1 is 1.50 bits per heavy atom. The van der Waals surface area contributed by atoms with Gasteiger partial charge in [-0.25, -0.2) is 8.42 Å². The number of anilines is 1. The van der Waals surface area contributed by atoms with E-state index < -0.39 is 10.0 Å². The van der Waals surface area contributed by atoms with Gasteiger partial charge in [-0.05, 0) is 37.0 Å². The lowest BCUT2D eigenvalue weighted by molar-refractivity contribution is 0.118. The van der Waals surface area contributed by atoms with Gasteiger partial charge in [0.1, 0.15) is 4.90 Å². The molecule has 1 aromatic rings. The van der Waals surface area contributed by atoms with Crippen LogP contribution < -0.4 is 5.73 Å². The predicted octanol–water partition coefficient (Wildman–Crippen LogP) is 2.08. The van der Waals surface area contributed by atoms with E-state index in [0.29, 0.717) is 19.7 Å². The molecule has 1 saturated heterocycles. The molecule has 1 atom stereocenters. The lowest BCUT2D eigenvalue weighted by Crippen LogP contribution is -2.41. The Morgan fingerprint density at radius 3 is 2.90 bits per heavy atom. The minimum Gasteiger partial charge on any atom is -0.398 e. The predicted molar refractivity (Wildman–Crippen MR) is 81.9 cm³/mol. The molecule has 0 radical (unpaired) electrons. The van der Waals surface area contributed by atoms with Crippen LogP contribution in [-0.2, 0) is 14.8 Å². The molecular formula is C13H19BrN2O3S. The first-order chi connectivity index (χ1) is 9.45. The highest BCUT2D eigenvalue weighted by Crippen LogP contribution is 2.28. The lowest BCUT2D eigenvalue weighted by atomic mass is 10.0. The fourth-order valence-corrected chi connectivity index (χ4v) is 4.54. The number of halogens is 1. The number of ether oxygens (including phenoxy) is 1. The van der Waals surface area contributed by atoms with E-state index in [1.165, 1.54) is 4.31 Å². The van der Waals surface area contributed by atoms with E-state index in [1.807, 2.05) is 0 Å². The van der Waals surface area contributed by atoms with Crippen molar-refractivity contribution in [1.82, 2.24) is 4.31 Å². The van der Waals surface area contributed by atoms with Crippen molar-refractivity contribution in [3.05, 3.63) is 22.7 Å². The van der Waals surface area contributed by atoms with Gasteiger partial charge in [-0.2, -0.15) is 4.31 Å². The first-order valence-corrected chi connectivity index (χ1v) is 8.72. The first-order valence-electron chi connectivity index (χ1n) is 6.49. The van der Waals surface area contributed by atoms with Crippen LogP contribution in [-0.4, -0.2) is 39.5 Å². The van der Waals surface area contributed by atoms with E-state index in [4.69, 9.17) is 10.5 Å². The molecule has 1 heterocycles. The van der Waals surface area contributed by atoms with Gasteiger partial charge in [0.25, 0.3) is 0 Å². The minimum atomic E-state index is -3.53. The third kappa shape index (κ3) is 3.33. The van der Waals surface area contributed by atoms with Gasteiger partial charge in [0.2, 0.25) is 10.0 Å². The van der Waals surface area contributed by atoms with E-state index in [2.05, 4.69) is 15.9 Å². The summed E-state index contributed by atoms with van der Waals surface area (Å²) in [6.07, 6.45) is 1.85. The number of nitrogen functional groups attached to an aromatic ring is 1. The van der Waals surface area contributed by atoms with Crippen LogP contribution in [0.3, 0.4) is 0 Å². The molecule has 1 unspecified atom stereocenters. The van der Waals surface area contributed by atoms with Crippen molar-refractivity contribution in [2.45, 2.75) is 17.7 Å². The molecule has 5 nitrogen and oxygen atoms in total. The number of nitrogens with two attached hydrogens (primary N) is 1. The quantitative estimate of drug-likeness (QED) is 0.832. The number of piperidine rings is 1. The number of hydrogen-bond donors (Lipinski definition) is 1. The van der Waals surface area contributed by atoms with Crippen molar-refractivity contribution in [1.29, 1.82) is 0 Å². The molecule has 1 fully saturated rings. The second kappa shape index (κ2) is 6.43. The highest BCUT2D eigenvalue weighted by atomic mass is 79.9. The summed E-state index contributed by atoms with van der Waals surface area (Å²) in [5.41, 5.74) is 6.12. The molecule has 0 bridgehead atoms. The van der Waals surface area contributed by atoms with E-state index in [9.17, 15) is 8.42 Å². The molecule has 1 aromatic carbocycles. The number of nitrogens with zero attached hydrogens (tertiary/aromatic N) is 1. The Morgan fingerprint density at radius 2 is 2.25 bits per heavy atom. The van der Waals surface area contributed by atoms with Gasteiger partial charge in [0.05, 0.1) is 12.3 Å². The molecule has 1 aliphatic heterocycles. The second-order valence-corrected chi connectivity index (χ2v) is 7.83. The largest absolute Gasteiger partial charge is 0.398 e. The summed E-state index contributed by atoms with van der Waals surface area (Å²) in [4.78, 5) is 0.179. The maximum atomic E-state index is 12.7. The molecule has 0 aromatic heterocycles. The van der Waals surface area contributed by atoms with Gasteiger partial charge >= 0.3 is 0 Å². The first kappa shape index (κ1) is 15.8. The summed E-state index contributed by atoms with van der Waals surface area (Å²) in [6.45, 7) is 1.62. The Labute approximate surface area is 128 Å². The molecule has 0 saturated carbocycles. The smallest absolute Gasteiger partial charge is 0.245 e. The van der Waals surface area contributed by atoms with E-state index >= 15 is 0 Å². The van der Waals surface area contributed by atoms with E-state index in [-0.39, 0.29) is 16.5 Å². The minimum absolute atomic E-state index is 0.179. The van der Waals surface area contributed by atoms with Crippen LogP contribution in [0.4, 0.5) is 5.69 Å². The van der Waals surface area contributed by atoms with Crippen LogP contribution >= 0.6 is 15.9 Å². The molecule has 2 rings (SSSR count). The Balaban J connectivity index is 2.25. The Bertz CT molecular complexity index is 575. The number of methoxy groups -OCH3 is 1. The molecule has 0 amide bonds. The summed E-state index contributed by atoms with van der Waals surface area (Å²) in [5.74, 6) is 0.250. The average Bonchev–Trinajstić information content (AvgIpc) is 2.39. The SMILES string of the molecule is COCC1CCCN(S(=O)(=O)c2ccc(Br)cc2N)C1. The summed E-state index contributed by atoms with van der Waals surface area (Å²) in [7, 11) is -1.89. The zero-order valence-electron chi connectivity index (χ0n) is 11.4. The number of benzene rings is 1. The van der Waals surface area contributed by atoms with Crippen LogP contribution in [0.1, 0.15) is 12.8 Å². The fourth-order valence-electron chi connectivity index (χ4n) is 2.51. The molecule has 7 heteroatoms. The topological polar surface area (TPSA) is 72.6 Å². The van der Waals surface area contributed by atoms with Gasteiger partial charge in [-0.15, -0.1) is 0 Å². The number of rotatable bonds is 4. The number of hydrogen-bond acceptors (Lipinski definition) is 4. The summed E-state index contributed by atoms with van der Waals surface area (Å²) < 4.78 is 32.7. The molecule has 0 spiro atoms. The third-order valence-electron chi connectivity index (χ3n) is 3.47. The van der Waals surface area contributed by atoms with Crippen LogP contribution in [0.15, 0.2) is 27.6 Å². The van der Waals surface area contributed by atoms with Crippen molar-refractivity contribution >= 4 is 31.6 Å². The van der Waals surface area contributed by atoms with E-state index in [1.54, 1.807) is 25.3 Å². The zero-order valence-corrected chi connectivity index (χ0v) is 13.8. The Kier molecular flexibility index (Phi) is 5.06. The van der Waals surface area contributed by atoms with Gasteiger partial charge in [-0.3, -0.25) is 0 Å². The molecule has 2 N–H and O–H groups in total. The van der Waals surface area contributed by atoms with Crippen LogP contribution in [0, 0.1) is 5.92 Å². The monoisotopic (exact) mass is 362 g/mol. The van der Waals surface area contributed by atoms with Crippen molar-refractivity contribution < 1.29 is 13.2 Å². The average molecular weight is 363 g/mol. The maximum Gasteiger partial charge on any atom is 0.245 e. The second-order valence-electron chi connectivity index (χ2n) is 5.01. The fraction of sp³-hybridized carbons (Fsp3) is 0.538. The van der Waals surface area contributed by atoms with E-state index in [0.717, 1.165) is 17.3 Å². The highest BCUT2D eigenvalue weighted by molar-refractivity contribution is 9.10. The number of sulfonamides is 1. The van der Waals surface area contributed by atoms with Gasteiger partial charge in [-0.1, -0.05) is 15.9 Å². The normalized spacial score (nSPS) is 21.0. The van der Waals surface area contributed by atoms with Crippen molar-refractivity contribution in [3.63, 3.8) is 0 Å². The molecule has 1 aliphatic rings. The standard InChI is InChI=1S/C13H19BrN2O3S/c1-19-9-10-3-2-6-16(8-10)20(17,18)13-5-4-11(14)7-12(13)15/h4-5,7,10H,2-3,6,8-9,15H2,1H3. The molecule has 20 heavy (non-hydrogen) atoms. The summed E-state index contributed by atoms with van der Waals surface area (Å²) >= 11 is 3.28. The van der Waals surface area contributed by atoms with Gasteiger partial charge < -0.3 is 10.5 Å². The van der Waals surface area contributed by atoms with Crippen LogP contribution in [0.2, 0.25) is 0 Å². The van der Waals surface area contributed by atoms with Gasteiger partial charge in [0.15, 0.2) is 0 Å². The van der Waals surface area contributed by atoms with Crippen LogP contribution in [0.5, 0.6) is 0 Å². The molecular weight excluding hydrogens is 344 g/mol. The Hall–Kier alpha value is -0.630. The van der Waals surface area contributed by atoms with Crippen LogP contribution in [0.25, 0.3) is 0 Å². The molecule has 112 valence electrons.